The molecule has 2 aliphatic rings. The van der Waals surface area contributed by atoms with E-state index in [-0.39, 0.29) is 0 Å². The molecule has 0 spiro atoms. The molecule has 2 N–H and O–H groups in total. The molecule has 2 rings (SSSR count). The molecule has 16 heavy (non-hydrogen) atoms. The van der Waals surface area contributed by atoms with Crippen LogP contribution in [0.2, 0.25) is 0 Å². The Hall–Kier alpha value is -0.0800. The second-order valence-electron chi connectivity index (χ2n) is 6.14. The van der Waals surface area contributed by atoms with Crippen molar-refractivity contribution in [1.82, 2.24) is 4.90 Å². The summed E-state index contributed by atoms with van der Waals surface area (Å²) in [6, 6.07) is 0. The summed E-state index contributed by atoms with van der Waals surface area (Å²) in [7, 11) is 0. The Labute approximate surface area is 101 Å². The van der Waals surface area contributed by atoms with Crippen LogP contribution in [0.4, 0.5) is 0 Å². The van der Waals surface area contributed by atoms with Crippen molar-refractivity contribution < 1.29 is 0 Å². The number of nitrogens with two attached hydrogens (primary N) is 1. The molecule has 0 aromatic carbocycles. The van der Waals surface area contributed by atoms with Crippen molar-refractivity contribution >= 4 is 0 Å². The Morgan fingerprint density at radius 2 is 2.19 bits per heavy atom. The highest BCUT2D eigenvalue weighted by atomic mass is 15.2. The van der Waals surface area contributed by atoms with Gasteiger partial charge in [0.1, 0.15) is 0 Å². The van der Waals surface area contributed by atoms with Gasteiger partial charge in [0, 0.05) is 18.6 Å². The summed E-state index contributed by atoms with van der Waals surface area (Å²) in [5.41, 5.74) is 6.50. The highest BCUT2D eigenvalue weighted by molar-refractivity contribution is 4.98. The lowest BCUT2D eigenvalue weighted by Crippen LogP contribution is -2.55. The van der Waals surface area contributed by atoms with E-state index >= 15 is 0 Å². The van der Waals surface area contributed by atoms with Crippen LogP contribution in [-0.4, -0.2) is 30.1 Å². The number of hydrogen-bond acceptors (Lipinski definition) is 2. The fourth-order valence-electron chi connectivity index (χ4n) is 3.78. The minimum absolute atomic E-state index is 0.365. The summed E-state index contributed by atoms with van der Waals surface area (Å²) >= 11 is 0. The van der Waals surface area contributed by atoms with Gasteiger partial charge in [-0.1, -0.05) is 33.1 Å². The van der Waals surface area contributed by atoms with Gasteiger partial charge in [-0.05, 0) is 37.6 Å². The molecule has 1 aliphatic heterocycles. The monoisotopic (exact) mass is 224 g/mol. The Balaban J connectivity index is 2.05. The lowest BCUT2D eigenvalue weighted by molar-refractivity contribution is 0.0520. The SMILES string of the molecule is CCC1CCCC(CN)(N2CCC(C)C2)C1. The van der Waals surface area contributed by atoms with Crippen LogP contribution in [0.1, 0.15) is 52.4 Å². The minimum atomic E-state index is 0.365. The second-order valence-corrected chi connectivity index (χ2v) is 6.14. The van der Waals surface area contributed by atoms with Gasteiger partial charge in [-0.15, -0.1) is 0 Å². The first-order chi connectivity index (χ1) is 7.70. The third-order valence-corrected chi connectivity index (χ3v) is 4.98. The third-order valence-electron chi connectivity index (χ3n) is 4.98. The maximum atomic E-state index is 6.14. The van der Waals surface area contributed by atoms with Gasteiger partial charge in [-0.2, -0.15) is 0 Å². The number of likely N-dealkylation sites (tertiary alicyclic amines) is 1. The third kappa shape index (κ3) is 2.28. The normalized spacial score (nSPS) is 41.4. The van der Waals surface area contributed by atoms with Gasteiger partial charge in [0.25, 0.3) is 0 Å². The molecule has 1 saturated heterocycles. The molecule has 1 saturated carbocycles. The van der Waals surface area contributed by atoms with Crippen molar-refractivity contribution in [3.05, 3.63) is 0 Å². The molecule has 0 bridgehead atoms. The van der Waals surface area contributed by atoms with E-state index in [1.54, 1.807) is 0 Å². The Bertz CT molecular complexity index is 229. The van der Waals surface area contributed by atoms with Crippen LogP contribution < -0.4 is 5.73 Å². The van der Waals surface area contributed by atoms with Crippen molar-refractivity contribution in [3.63, 3.8) is 0 Å². The number of nitrogens with zero attached hydrogens (tertiary/aromatic N) is 1. The Morgan fingerprint density at radius 3 is 2.75 bits per heavy atom. The van der Waals surface area contributed by atoms with E-state index in [2.05, 4.69) is 18.7 Å². The van der Waals surface area contributed by atoms with Gasteiger partial charge in [0.05, 0.1) is 0 Å². The molecule has 3 atom stereocenters. The quantitative estimate of drug-likeness (QED) is 0.798. The fourth-order valence-corrected chi connectivity index (χ4v) is 3.78. The first-order valence-corrected chi connectivity index (χ1v) is 7.15. The largest absolute Gasteiger partial charge is 0.329 e. The van der Waals surface area contributed by atoms with E-state index in [1.165, 1.54) is 51.6 Å². The zero-order valence-electron chi connectivity index (χ0n) is 11.0. The molecule has 0 aromatic rings. The standard InChI is InChI=1S/C14H28N2/c1-3-13-5-4-7-14(9-13,11-15)16-8-6-12(2)10-16/h12-13H,3-11,15H2,1-2H3. The van der Waals surface area contributed by atoms with Crippen molar-refractivity contribution in [3.8, 4) is 0 Å². The Morgan fingerprint density at radius 1 is 1.38 bits per heavy atom. The fraction of sp³-hybridized carbons (Fsp3) is 1.00. The van der Waals surface area contributed by atoms with Crippen molar-refractivity contribution in [2.24, 2.45) is 17.6 Å². The van der Waals surface area contributed by atoms with E-state index in [4.69, 9.17) is 5.73 Å². The van der Waals surface area contributed by atoms with Crippen LogP contribution in [0.25, 0.3) is 0 Å². The van der Waals surface area contributed by atoms with Crippen molar-refractivity contribution in [2.45, 2.75) is 57.9 Å². The summed E-state index contributed by atoms with van der Waals surface area (Å²) < 4.78 is 0. The van der Waals surface area contributed by atoms with Crippen LogP contribution in [0.5, 0.6) is 0 Å². The van der Waals surface area contributed by atoms with E-state index in [1.807, 2.05) is 0 Å². The van der Waals surface area contributed by atoms with Gasteiger partial charge in [-0.3, -0.25) is 4.90 Å². The first-order valence-electron chi connectivity index (χ1n) is 7.15. The van der Waals surface area contributed by atoms with Gasteiger partial charge in [0.2, 0.25) is 0 Å². The molecular weight excluding hydrogens is 196 g/mol. The summed E-state index contributed by atoms with van der Waals surface area (Å²) in [4.78, 5) is 2.72. The molecule has 0 radical (unpaired) electrons. The summed E-state index contributed by atoms with van der Waals surface area (Å²) in [5.74, 6) is 1.80. The summed E-state index contributed by atoms with van der Waals surface area (Å²) in [6.45, 7) is 8.16. The highest BCUT2D eigenvalue weighted by Crippen LogP contribution is 2.39. The molecule has 2 fully saturated rings. The minimum Gasteiger partial charge on any atom is -0.329 e. The lowest BCUT2D eigenvalue weighted by atomic mass is 9.73. The molecule has 0 amide bonds. The van der Waals surface area contributed by atoms with Crippen LogP contribution in [-0.2, 0) is 0 Å². The molecular formula is C14H28N2. The predicted octanol–water partition coefficient (Wildman–Crippen LogP) is 2.63. The average molecular weight is 224 g/mol. The molecule has 1 heterocycles. The molecule has 3 unspecified atom stereocenters. The molecule has 2 nitrogen and oxygen atoms in total. The van der Waals surface area contributed by atoms with E-state index in [0.29, 0.717) is 5.54 Å². The van der Waals surface area contributed by atoms with Crippen LogP contribution in [0, 0.1) is 11.8 Å². The predicted molar refractivity (Wildman–Crippen MR) is 69.4 cm³/mol. The van der Waals surface area contributed by atoms with E-state index < -0.39 is 0 Å². The maximum absolute atomic E-state index is 6.14. The summed E-state index contributed by atoms with van der Waals surface area (Å²) in [5, 5.41) is 0. The molecule has 94 valence electrons. The van der Waals surface area contributed by atoms with E-state index in [9.17, 15) is 0 Å². The van der Waals surface area contributed by atoms with E-state index in [0.717, 1.165) is 18.4 Å². The van der Waals surface area contributed by atoms with Crippen molar-refractivity contribution in [2.75, 3.05) is 19.6 Å². The van der Waals surface area contributed by atoms with Crippen LogP contribution in [0.15, 0.2) is 0 Å². The van der Waals surface area contributed by atoms with Crippen LogP contribution >= 0.6 is 0 Å². The van der Waals surface area contributed by atoms with Gasteiger partial charge in [0.15, 0.2) is 0 Å². The maximum Gasteiger partial charge on any atom is 0.0334 e. The molecule has 2 heteroatoms. The smallest absolute Gasteiger partial charge is 0.0334 e. The van der Waals surface area contributed by atoms with Gasteiger partial charge < -0.3 is 5.73 Å². The highest BCUT2D eigenvalue weighted by Gasteiger charge is 2.41. The average Bonchev–Trinajstić information content (AvgIpc) is 2.76. The topological polar surface area (TPSA) is 29.3 Å². The Kier molecular flexibility index (Phi) is 3.91. The summed E-state index contributed by atoms with van der Waals surface area (Å²) in [6.07, 6.45) is 8.23. The molecule has 0 aromatic heterocycles. The van der Waals surface area contributed by atoms with Gasteiger partial charge >= 0.3 is 0 Å². The lowest BCUT2D eigenvalue weighted by Gasteiger charge is -2.47. The second kappa shape index (κ2) is 5.05. The molecule has 1 aliphatic carbocycles. The zero-order chi connectivity index (χ0) is 11.6. The van der Waals surface area contributed by atoms with Crippen LogP contribution in [0.3, 0.4) is 0 Å². The van der Waals surface area contributed by atoms with Gasteiger partial charge in [-0.25, -0.2) is 0 Å². The number of hydrogen-bond donors (Lipinski definition) is 1. The first kappa shape index (κ1) is 12.4. The van der Waals surface area contributed by atoms with Crippen molar-refractivity contribution in [1.29, 1.82) is 0 Å². The number of rotatable bonds is 3. The zero-order valence-corrected chi connectivity index (χ0v) is 11.0.